The van der Waals surface area contributed by atoms with E-state index >= 15 is 0 Å². The van der Waals surface area contributed by atoms with Crippen LogP contribution in [0.5, 0.6) is 0 Å². The molecule has 2 rings (SSSR count). The molecule has 0 aliphatic carbocycles. The van der Waals surface area contributed by atoms with Crippen molar-refractivity contribution in [3.63, 3.8) is 0 Å². The fourth-order valence-electron chi connectivity index (χ4n) is 1.94. The Hall–Kier alpha value is 0.01000. The summed E-state index contributed by atoms with van der Waals surface area (Å²) in [4.78, 5) is 0. The van der Waals surface area contributed by atoms with Gasteiger partial charge in [0.25, 0.3) is 0 Å². The molecule has 1 aliphatic rings. The highest BCUT2D eigenvalue weighted by atomic mass is 35.5. The van der Waals surface area contributed by atoms with Crippen molar-refractivity contribution in [3.05, 3.63) is 34.9 Å². The Balaban J connectivity index is 0.00000112. The van der Waals surface area contributed by atoms with Crippen LogP contribution in [0.25, 0.3) is 0 Å². The number of benzene rings is 1. The van der Waals surface area contributed by atoms with E-state index in [2.05, 4.69) is 5.32 Å². The molecule has 1 aromatic carbocycles. The minimum absolute atomic E-state index is 0. The predicted molar refractivity (Wildman–Crippen MR) is 73.9 cm³/mol. The van der Waals surface area contributed by atoms with E-state index in [9.17, 15) is 0 Å². The summed E-state index contributed by atoms with van der Waals surface area (Å²) in [5.41, 5.74) is 7.39. The van der Waals surface area contributed by atoms with E-state index in [1.165, 1.54) is 5.56 Å². The number of rotatable bonds is 1. The Morgan fingerprint density at radius 1 is 1.06 bits per heavy atom. The fourth-order valence-corrected chi connectivity index (χ4v) is 2.07. The smallest absolute Gasteiger partial charge is 0.0433 e. The van der Waals surface area contributed by atoms with Crippen molar-refractivity contribution in [1.82, 2.24) is 5.32 Å². The number of piperidine rings is 1. The molecule has 1 aromatic rings. The molecule has 0 radical (unpaired) electrons. The molecule has 0 aromatic heterocycles. The fraction of sp³-hybridized carbons (Fsp3) is 0.455. The molecular weight excluding hydrogens is 266 g/mol. The summed E-state index contributed by atoms with van der Waals surface area (Å²) in [7, 11) is 0. The van der Waals surface area contributed by atoms with Gasteiger partial charge < -0.3 is 11.1 Å². The SMILES string of the molecule is Cl.Cl.NC1(c2ccc(Cl)cc2)CCNCC1. The maximum atomic E-state index is 6.35. The van der Waals surface area contributed by atoms with Gasteiger partial charge in [-0.25, -0.2) is 0 Å². The van der Waals surface area contributed by atoms with Crippen molar-refractivity contribution in [2.24, 2.45) is 5.73 Å². The van der Waals surface area contributed by atoms with Crippen LogP contribution in [0.1, 0.15) is 18.4 Å². The molecule has 1 saturated heterocycles. The van der Waals surface area contributed by atoms with Gasteiger partial charge in [-0.15, -0.1) is 24.8 Å². The Morgan fingerprint density at radius 3 is 2.06 bits per heavy atom. The van der Waals surface area contributed by atoms with E-state index < -0.39 is 0 Å². The lowest BCUT2D eigenvalue weighted by Crippen LogP contribution is -2.46. The number of nitrogens with two attached hydrogens (primary N) is 1. The zero-order chi connectivity index (χ0) is 10.0. The highest BCUT2D eigenvalue weighted by Crippen LogP contribution is 2.28. The molecule has 0 amide bonds. The normalized spacial score (nSPS) is 18.1. The predicted octanol–water partition coefficient (Wildman–Crippen LogP) is 2.72. The third kappa shape index (κ3) is 3.51. The first-order valence-corrected chi connectivity index (χ1v) is 5.34. The summed E-state index contributed by atoms with van der Waals surface area (Å²) >= 11 is 5.84. The van der Waals surface area contributed by atoms with Crippen molar-refractivity contribution >= 4 is 36.4 Å². The van der Waals surface area contributed by atoms with Crippen LogP contribution in [-0.2, 0) is 5.54 Å². The summed E-state index contributed by atoms with van der Waals surface area (Å²) < 4.78 is 0. The van der Waals surface area contributed by atoms with Gasteiger partial charge >= 0.3 is 0 Å². The molecule has 0 saturated carbocycles. The Kier molecular flexibility index (Phi) is 6.68. The maximum absolute atomic E-state index is 6.35. The van der Waals surface area contributed by atoms with Gasteiger partial charge in [-0.05, 0) is 43.6 Å². The number of halogens is 3. The van der Waals surface area contributed by atoms with E-state index in [0.717, 1.165) is 31.0 Å². The van der Waals surface area contributed by atoms with Gasteiger partial charge in [0.1, 0.15) is 0 Å². The van der Waals surface area contributed by atoms with Gasteiger partial charge in [-0.1, -0.05) is 23.7 Å². The van der Waals surface area contributed by atoms with E-state index in [-0.39, 0.29) is 30.4 Å². The van der Waals surface area contributed by atoms with Crippen molar-refractivity contribution < 1.29 is 0 Å². The van der Waals surface area contributed by atoms with Gasteiger partial charge in [0.15, 0.2) is 0 Å². The van der Waals surface area contributed by atoms with Crippen LogP contribution in [0.3, 0.4) is 0 Å². The van der Waals surface area contributed by atoms with Crippen LogP contribution >= 0.6 is 36.4 Å². The highest BCUT2D eigenvalue weighted by molar-refractivity contribution is 6.30. The maximum Gasteiger partial charge on any atom is 0.0433 e. The van der Waals surface area contributed by atoms with Crippen molar-refractivity contribution in [1.29, 1.82) is 0 Å². The average molecular weight is 284 g/mol. The minimum atomic E-state index is -0.157. The quantitative estimate of drug-likeness (QED) is 0.832. The standard InChI is InChI=1S/C11H15ClN2.2ClH/c12-10-3-1-9(2-4-10)11(13)5-7-14-8-6-11;;/h1-4,14H,5-8,13H2;2*1H. The van der Waals surface area contributed by atoms with Gasteiger partial charge in [-0.3, -0.25) is 0 Å². The molecule has 0 spiro atoms. The summed E-state index contributed by atoms with van der Waals surface area (Å²) in [6.45, 7) is 2.00. The first-order chi connectivity index (χ1) is 6.71. The zero-order valence-corrected chi connectivity index (χ0v) is 11.3. The lowest BCUT2D eigenvalue weighted by atomic mass is 9.83. The number of hydrogen-bond donors (Lipinski definition) is 2. The van der Waals surface area contributed by atoms with Crippen molar-refractivity contribution in [3.8, 4) is 0 Å². The van der Waals surface area contributed by atoms with Crippen LogP contribution in [0, 0.1) is 0 Å². The van der Waals surface area contributed by atoms with Gasteiger partial charge in [0, 0.05) is 10.6 Å². The Labute approximate surface area is 114 Å². The van der Waals surface area contributed by atoms with Crippen molar-refractivity contribution in [2.75, 3.05) is 13.1 Å². The van der Waals surface area contributed by atoms with Gasteiger partial charge in [-0.2, -0.15) is 0 Å². The molecule has 1 fully saturated rings. The number of nitrogens with one attached hydrogen (secondary N) is 1. The zero-order valence-electron chi connectivity index (χ0n) is 8.91. The number of hydrogen-bond acceptors (Lipinski definition) is 2. The second-order valence-corrected chi connectivity index (χ2v) is 4.35. The van der Waals surface area contributed by atoms with E-state index in [0.29, 0.717) is 0 Å². The first kappa shape index (κ1) is 16.0. The van der Waals surface area contributed by atoms with Crippen LogP contribution in [0.4, 0.5) is 0 Å². The van der Waals surface area contributed by atoms with E-state index in [1.807, 2.05) is 24.3 Å². The second-order valence-electron chi connectivity index (χ2n) is 3.91. The molecule has 0 atom stereocenters. The molecule has 0 unspecified atom stereocenters. The molecule has 1 heterocycles. The highest BCUT2D eigenvalue weighted by Gasteiger charge is 2.28. The topological polar surface area (TPSA) is 38.0 Å². The average Bonchev–Trinajstić information content (AvgIpc) is 2.19. The van der Waals surface area contributed by atoms with Crippen LogP contribution in [0.15, 0.2) is 24.3 Å². The molecule has 1 aliphatic heterocycles. The molecule has 0 bridgehead atoms. The molecule has 16 heavy (non-hydrogen) atoms. The summed E-state index contributed by atoms with van der Waals surface area (Å²) in [6, 6.07) is 7.89. The first-order valence-electron chi connectivity index (χ1n) is 4.96. The second kappa shape index (κ2) is 6.67. The third-order valence-corrected chi connectivity index (χ3v) is 3.17. The van der Waals surface area contributed by atoms with Crippen LogP contribution in [0.2, 0.25) is 5.02 Å². The van der Waals surface area contributed by atoms with Crippen LogP contribution in [-0.4, -0.2) is 13.1 Å². The third-order valence-electron chi connectivity index (χ3n) is 2.91. The van der Waals surface area contributed by atoms with E-state index in [1.54, 1.807) is 0 Å². The molecule has 3 N–H and O–H groups in total. The van der Waals surface area contributed by atoms with E-state index in [4.69, 9.17) is 17.3 Å². The van der Waals surface area contributed by atoms with Gasteiger partial charge in [0.2, 0.25) is 0 Å². The monoisotopic (exact) mass is 282 g/mol. The lowest BCUT2D eigenvalue weighted by Gasteiger charge is -2.34. The molecular formula is C11H17Cl3N2. The van der Waals surface area contributed by atoms with Crippen LogP contribution < -0.4 is 11.1 Å². The largest absolute Gasteiger partial charge is 0.321 e. The Morgan fingerprint density at radius 2 is 1.56 bits per heavy atom. The van der Waals surface area contributed by atoms with Crippen molar-refractivity contribution in [2.45, 2.75) is 18.4 Å². The molecule has 5 heteroatoms. The molecule has 2 nitrogen and oxygen atoms in total. The molecule has 92 valence electrons. The van der Waals surface area contributed by atoms with Gasteiger partial charge in [0.05, 0.1) is 0 Å². The summed E-state index contributed by atoms with van der Waals surface area (Å²) in [6.07, 6.45) is 1.99. The summed E-state index contributed by atoms with van der Waals surface area (Å²) in [5.74, 6) is 0. The minimum Gasteiger partial charge on any atom is -0.321 e. The Bertz CT molecular complexity index is 308. The summed E-state index contributed by atoms with van der Waals surface area (Å²) in [5, 5.41) is 4.08. The lowest BCUT2D eigenvalue weighted by molar-refractivity contribution is 0.317.